The second-order valence-corrected chi connectivity index (χ2v) is 7.22. The van der Waals surface area contributed by atoms with Crippen molar-refractivity contribution in [3.8, 4) is 0 Å². The van der Waals surface area contributed by atoms with Crippen LogP contribution in [0.3, 0.4) is 0 Å². The van der Waals surface area contributed by atoms with Gasteiger partial charge in [0.15, 0.2) is 0 Å². The van der Waals surface area contributed by atoms with Crippen molar-refractivity contribution in [2.75, 3.05) is 13.1 Å². The van der Waals surface area contributed by atoms with Crippen LogP contribution in [-0.2, 0) is 19.2 Å². The number of hydrogen-bond acceptors (Lipinski definition) is 8. The van der Waals surface area contributed by atoms with Crippen molar-refractivity contribution in [1.29, 1.82) is 0 Å². The summed E-state index contributed by atoms with van der Waals surface area (Å²) >= 11 is 0. The standard InChI is InChI=1S/C19H28N4O4/c1-18(2,10-6-8-12-21-14-25)19(3,23-16-27)17(22-15-26)9-5-4-7-11-20-13-24/h17H,4-12H2,1-3H3. The number of unbranched alkanes of at least 4 members (excludes halogenated alkanes) is 3. The topological polar surface area (TPSA) is 118 Å². The largest absolute Gasteiger partial charge is 0.235 e. The van der Waals surface area contributed by atoms with E-state index in [0.29, 0.717) is 25.9 Å². The molecule has 0 aromatic rings. The molecule has 0 saturated heterocycles. The predicted molar refractivity (Wildman–Crippen MR) is 101 cm³/mol. The summed E-state index contributed by atoms with van der Waals surface area (Å²) in [7, 11) is 0. The third kappa shape index (κ3) is 8.63. The van der Waals surface area contributed by atoms with Gasteiger partial charge in [-0.05, 0) is 38.0 Å². The molecule has 0 aromatic heterocycles. The van der Waals surface area contributed by atoms with Crippen LogP contribution in [0.2, 0.25) is 0 Å². The van der Waals surface area contributed by atoms with E-state index in [4.69, 9.17) is 0 Å². The zero-order valence-corrected chi connectivity index (χ0v) is 16.4. The minimum atomic E-state index is -0.916. The molecule has 0 aliphatic heterocycles. The summed E-state index contributed by atoms with van der Waals surface area (Å²) in [5.74, 6) is 0. The first-order chi connectivity index (χ1) is 12.9. The van der Waals surface area contributed by atoms with Gasteiger partial charge in [-0.25, -0.2) is 29.2 Å². The van der Waals surface area contributed by atoms with Crippen LogP contribution in [0, 0.1) is 5.41 Å². The van der Waals surface area contributed by atoms with Gasteiger partial charge in [-0.15, -0.1) is 0 Å². The summed E-state index contributed by atoms with van der Waals surface area (Å²) in [6, 6.07) is -0.506. The highest BCUT2D eigenvalue weighted by molar-refractivity contribution is 5.38. The lowest BCUT2D eigenvalue weighted by Gasteiger charge is -2.43. The molecule has 0 aliphatic rings. The molecular weight excluding hydrogens is 348 g/mol. The molecule has 0 aliphatic carbocycles. The fraction of sp³-hybridized carbons (Fsp3) is 0.789. The van der Waals surface area contributed by atoms with E-state index in [1.165, 1.54) is 12.2 Å². The first-order valence-electron chi connectivity index (χ1n) is 9.13. The summed E-state index contributed by atoms with van der Waals surface area (Å²) in [6.45, 7) is 6.59. The second-order valence-electron chi connectivity index (χ2n) is 7.22. The number of rotatable bonds is 15. The van der Waals surface area contributed by atoms with E-state index in [-0.39, 0.29) is 0 Å². The molecule has 0 saturated carbocycles. The van der Waals surface area contributed by atoms with E-state index in [9.17, 15) is 19.2 Å². The van der Waals surface area contributed by atoms with Gasteiger partial charge in [-0.3, -0.25) is 0 Å². The molecule has 2 unspecified atom stereocenters. The highest BCUT2D eigenvalue weighted by Gasteiger charge is 2.47. The minimum absolute atomic E-state index is 0.409. The van der Waals surface area contributed by atoms with Crippen LogP contribution in [0.25, 0.3) is 0 Å². The molecule has 148 valence electrons. The van der Waals surface area contributed by atoms with Crippen LogP contribution in [0.5, 0.6) is 0 Å². The van der Waals surface area contributed by atoms with E-state index >= 15 is 0 Å². The summed E-state index contributed by atoms with van der Waals surface area (Å²) < 4.78 is 0. The molecule has 8 nitrogen and oxygen atoms in total. The Bertz CT molecular complexity index is 638. The Labute approximate surface area is 160 Å². The van der Waals surface area contributed by atoms with E-state index in [2.05, 4.69) is 20.0 Å². The van der Waals surface area contributed by atoms with Gasteiger partial charge in [-0.2, -0.15) is 9.98 Å². The maximum Gasteiger partial charge on any atom is 0.235 e. The highest BCUT2D eigenvalue weighted by Crippen LogP contribution is 2.43. The Morgan fingerprint density at radius 1 is 0.741 bits per heavy atom. The van der Waals surface area contributed by atoms with Gasteiger partial charge in [-0.1, -0.05) is 33.1 Å². The Morgan fingerprint density at radius 2 is 1.33 bits per heavy atom. The first-order valence-corrected chi connectivity index (χ1v) is 9.13. The molecule has 27 heavy (non-hydrogen) atoms. The van der Waals surface area contributed by atoms with Crippen LogP contribution >= 0.6 is 0 Å². The SMILES string of the molecule is CC(C)(CCCCN=C=O)C(C)(N=C=O)C(CCCCCN=C=O)N=C=O. The number of nitrogens with zero attached hydrogens (tertiary/aromatic N) is 4. The van der Waals surface area contributed by atoms with E-state index in [1.807, 2.05) is 20.8 Å². The highest BCUT2D eigenvalue weighted by atomic mass is 16.1. The smallest absolute Gasteiger partial charge is 0.211 e. The third-order valence-electron chi connectivity index (χ3n) is 5.20. The lowest BCUT2D eigenvalue weighted by molar-refractivity contribution is 0.131. The molecule has 0 bridgehead atoms. The number of hydrogen-bond donors (Lipinski definition) is 0. The van der Waals surface area contributed by atoms with Crippen LogP contribution < -0.4 is 0 Å². The van der Waals surface area contributed by atoms with Crippen LogP contribution in [0.15, 0.2) is 20.0 Å². The van der Waals surface area contributed by atoms with E-state index in [1.54, 1.807) is 12.2 Å². The molecule has 0 radical (unpaired) electrons. The molecule has 0 aromatic carbocycles. The Balaban J connectivity index is 5.16. The van der Waals surface area contributed by atoms with Crippen LogP contribution in [0.4, 0.5) is 0 Å². The lowest BCUT2D eigenvalue weighted by Crippen LogP contribution is -2.49. The quantitative estimate of drug-likeness (QED) is 0.248. The average molecular weight is 376 g/mol. The maximum absolute atomic E-state index is 11.1. The summed E-state index contributed by atoms with van der Waals surface area (Å²) in [5, 5.41) is 0. The fourth-order valence-corrected chi connectivity index (χ4v) is 3.11. The zero-order valence-electron chi connectivity index (χ0n) is 16.4. The normalized spacial score (nSPS) is 13.7. The molecule has 0 spiro atoms. The van der Waals surface area contributed by atoms with Crippen molar-refractivity contribution in [3.05, 3.63) is 0 Å². The molecule has 0 amide bonds. The Kier molecular flexibility index (Phi) is 12.4. The summed E-state index contributed by atoms with van der Waals surface area (Å²) in [6.07, 6.45) is 11.3. The molecule has 0 rings (SSSR count). The molecule has 0 N–H and O–H groups in total. The molecule has 0 fully saturated rings. The molecule has 8 heteroatoms. The Hall–Kier alpha value is -2.48. The van der Waals surface area contributed by atoms with Gasteiger partial charge in [0.25, 0.3) is 0 Å². The van der Waals surface area contributed by atoms with Crippen LogP contribution in [-0.4, -0.2) is 49.0 Å². The second kappa shape index (κ2) is 13.7. The van der Waals surface area contributed by atoms with Gasteiger partial charge in [0.2, 0.25) is 24.3 Å². The fourth-order valence-electron chi connectivity index (χ4n) is 3.11. The van der Waals surface area contributed by atoms with Crippen molar-refractivity contribution < 1.29 is 19.2 Å². The van der Waals surface area contributed by atoms with Crippen molar-refractivity contribution >= 4 is 24.3 Å². The van der Waals surface area contributed by atoms with Crippen molar-refractivity contribution in [3.63, 3.8) is 0 Å². The van der Waals surface area contributed by atoms with Gasteiger partial charge >= 0.3 is 0 Å². The predicted octanol–water partition coefficient (Wildman–Crippen LogP) is 3.21. The van der Waals surface area contributed by atoms with Crippen molar-refractivity contribution in [2.45, 2.75) is 77.3 Å². The maximum atomic E-state index is 11.1. The minimum Gasteiger partial charge on any atom is -0.211 e. The monoisotopic (exact) mass is 376 g/mol. The van der Waals surface area contributed by atoms with Crippen molar-refractivity contribution in [1.82, 2.24) is 0 Å². The van der Waals surface area contributed by atoms with E-state index in [0.717, 1.165) is 32.1 Å². The average Bonchev–Trinajstić information content (AvgIpc) is 2.63. The third-order valence-corrected chi connectivity index (χ3v) is 5.20. The van der Waals surface area contributed by atoms with Crippen LogP contribution in [0.1, 0.15) is 65.7 Å². The lowest BCUT2D eigenvalue weighted by atomic mass is 9.66. The summed E-state index contributed by atoms with van der Waals surface area (Å²) in [5.41, 5.74) is -1.36. The number of isocyanates is 4. The van der Waals surface area contributed by atoms with E-state index < -0.39 is 17.0 Å². The number of aliphatic imine (C=N–C) groups is 4. The number of carbonyl (C=O) groups excluding carboxylic acids is 4. The van der Waals surface area contributed by atoms with Gasteiger partial charge in [0.05, 0.1) is 24.7 Å². The summed E-state index contributed by atoms with van der Waals surface area (Å²) in [4.78, 5) is 57.3. The molecule has 0 heterocycles. The van der Waals surface area contributed by atoms with Gasteiger partial charge < -0.3 is 0 Å². The molecule has 2 atom stereocenters. The first kappa shape index (κ1) is 24.5. The van der Waals surface area contributed by atoms with Gasteiger partial charge in [0.1, 0.15) is 0 Å². The zero-order chi connectivity index (χ0) is 20.6. The molecular formula is C19H28N4O4. The Morgan fingerprint density at radius 3 is 1.85 bits per heavy atom. The van der Waals surface area contributed by atoms with Crippen molar-refractivity contribution in [2.24, 2.45) is 25.4 Å². The van der Waals surface area contributed by atoms with Gasteiger partial charge in [0, 0.05) is 0 Å².